The first-order valence-electron chi connectivity index (χ1n) is 4.31. The molecule has 15 heavy (non-hydrogen) atoms. The van der Waals surface area contributed by atoms with Crippen LogP contribution in [0.3, 0.4) is 0 Å². The lowest BCUT2D eigenvalue weighted by Gasteiger charge is -2.01. The number of rotatable bonds is 2. The minimum absolute atomic E-state index is 0.122. The number of hydrogen-bond acceptors (Lipinski definition) is 5. The summed E-state index contributed by atoms with van der Waals surface area (Å²) in [5, 5.41) is 0. The van der Waals surface area contributed by atoms with Gasteiger partial charge in [0.1, 0.15) is 5.82 Å². The van der Waals surface area contributed by atoms with Crippen molar-refractivity contribution in [1.29, 1.82) is 0 Å². The molecule has 0 saturated heterocycles. The molecule has 0 atom stereocenters. The van der Waals surface area contributed by atoms with Gasteiger partial charge in [-0.2, -0.15) is 0 Å². The van der Waals surface area contributed by atoms with E-state index in [4.69, 9.17) is 5.73 Å². The molecule has 0 aliphatic carbocycles. The molecule has 2 aromatic heterocycles. The number of nitrogen functional groups attached to an aromatic ring is 1. The summed E-state index contributed by atoms with van der Waals surface area (Å²) in [4.78, 5) is 23.4. The minimum Gasteiger partial charge on any atom is -0.383 e. The normalized spacial score (nSPS) is 9.87. The highest BCUT2D eigenvalue weighted by atomic mass is 16.1. The van der Waals surface area contributed by atoms with Gasteiger partial charge in [0.05, 0.1) is 5.56 Å². The molecule has 2 N–H and O–H groups in total. The van der Waals surface area contributed by atoms with E-state index in [2.05, 4.69) is 15.0 Å². The van der Waals surface area contributed by atoms with Crippen LogP contribution in [0.5, 0.6) is 0 Å². The van der Waals surface area contributed by atoms with Crippen molar-refractivity contribution in [2.75, 3.05) is 5.73 Å². The third kappa shape index (κ3) is 1.80. The van der Waals surface area contributed by atoms with Crippen molar-refractivity contribution in [1.82, 2.24) is 15.0 Å². The summed E-state index contributed by atoms with van der Waals surface area (Å²) in [6, 6.07) is 4.89. The van der Waals surface area contributed by atoms with Gasteiger partial charge in [0.15, 0.2) is 0 Å². The van der Waals surface area contributed by atoms with Gasteiger partial charge in [-0.1, -0.05) is 0 Å². The lowest BCUT2D eigenvalue weighted by molar-refractivity contribution is 0.103. The quantitative estimate of drug-likeness (QED) is 0.721. The van der Waals surface area contributed by atoms with Crippen molar-refractivity contribution in [3.63, 3.8) is 0 Å². The number of anilines is 1. The average molecular weight is 200 g/mol. The Kier molecular flexibility index (Phi) is 2.37. The van der Waals surface area contributed by atoms with E-state index in [1.54, 1.807) is 18.2 Å². The van der Waals surface area contributed by atoms with Gasteiger partial charge in [-0.3, -0.25) is 4.79 Å². The van der Waals surface area contributed by atoms with Crippen LogP contribution in [0, 0.1) is 0 Å². The molecule has 2 rings (SSSR count). The zero-order valence-corrected chi connectivity index (χ0v) is 7.79. The van der Waals surface area contributed by atoms with E-state index < -0.39 is 0 Å². The van der Waals surface area contributed by atoms with Gasteiger partial charge in [0, 0.05) is 18.6 Å². The highest BCUT2D eigenvalue weighted by Crippen LogP contribution is 2.10. The fourth-order valence-electron chi connectivity index (χ4n) is 1.15. The van der Waals surface area contributed by atoms with Crippen molar-refractivity contribution >= 4 is 11.6 Å². The van der Waals surface area contributed by atoms with Crippen LogP contribution in [0.4, 0.5) is 5.82 Å². The van der Waals surface area contributed by atoms with E-state index in [0.29, 0.717) is 5.56 Å². The van der Waals surface area contributed by atoms with Crippen LogP contribution >= 0.6 is 0 Å². The summed E-state index contributed by atoms with van der Waals surface area (Å²) in [5.41, 5.74) is 5.89. The van der Waals surface area contributed by atoms with E-state index in [9.17, 15) is 4.79 Å². The van der Waals surface area contributed by atoms with Gasteiger partial charge in [0.2, 0.25) is 11.6 Å². The van der Waals surface area contributed by atoms with E-state index in [1.807, 2.05) is 0 Å². The summed E-state index contributed by atoms with van der Waals surface area (Å²) in [7, 11) is 0. The Morgan fingerprint density at radius 1 is 1.07 bits per heavy atom. The molecule has 0 spiro atoms. The van der Waals surface area contributed by atoms with Crippen LogP contribution in [-0.2, 0) is 0 Å². The van der Waals surface area contributed by atoms with E-state index in [1.165, 1.54) is 18.6 Å². The van der Waals surface area contributed by atoms with Crippen LogP contribution in [0.25, 0.3) is 0 Å². The number of carbonyl (C=O) groups is 1. The third-order valence-electron chi connectivity index (χ3n) is 1.85. The second-order valence-electron chi connectivity index (χ2n) is 2.84. The highest BCUT2D eigenvalue weighted by Gasteiger charge is 2.14. The van der Waals surface area contributed by atoms with Gasteiger partial charge in [-0.05, 0) is 18.2 Å². The first-order valence-corrected chi connectivity index (χ1v) is 4.31. The van der Waals surface area contributed by atoms with Gasteiger partial charge in [-0.25, -0.2) is 15.0 Å². The summed E-state index contributed by atoms with van der Waals surface area (Å²) < 4.78 is 0. The molecule has 0 bridgehead atoms. The number of pyridine rings is 1. The van der Waals surface area contributed by atoms with Crippen LogP contribution in [-0.4, -0.2) is 20.7 Å². The van der Waals surface area contributed by atoms with Crippen LogP contribution < -0.4 is 5.73 Å². The van der Waals surface area contributed by atoms with Crippen molar-refractivity contribution in [2.24, 2.45) is 0 Å². The van der Waals surface area contributed by atoms with Crippen molar-refractivity contribution in [2.45, 2.75) is 0 Å². The van der Waals surface area contributed by atoms with E-state index >= 15 is 0 Å². The average Bonchev–Trinajstić information content (AvgIpc) is 2.30. The monoisotopic (exact) mass is 200 g/mol. The number of nitrogens with two attached hydrogens (primary N) is 1. The first kappa shape index (κ1) is 9.26. The molecule has 5 nitrogen and oxygen atoms in total. The Labute approximate surface area is 86.0 Å². The number of nitrogens with zero attached hydrogens (tertiary/aromatic N) is 3. The maximum absolute atomic E-state index is 11.8. The van der Waals surface area contributed by atoms with Crippen LogP contribution in [0.15, 0.2) is 36.8 Å². The molecule has 5 heteroatoms. The highest BCUT2D eigenvalue weighted by molar-refractivity contribution is 6.09. The van der Waals surface area contributed by atoms with Gasteiger partial charge >= 0.3 is 0 Å². The third-order valence-corrected chi connectivity index (χ3v) is 1.85. The van der Waals surface area contributed by atoms with Crippen molar-refractivity contribution in [3.8, 4) is 0 Å². The molecule has 0 aliphatic heterocycles. The SMILES string of the molecule is Nc1ncccc1C(=O)c1ncccn1. The molecular weight excluding hydrogens is 192 g/mol. The Balaban J connectivity index is 2.42. The maximum atomic E-state index is 11.8. The van der Waals surface area contributed by atoms with Crippen molar-refractivity contribution in [3.05, 3.63) is 48.2 Å². The Hall–Kier alpha value is -2.30. The lowest BCUT2D eigenvalue weighted by Crippen LogP contribution is -2.09. The zero-order valence-electron chi connectivity index (χ0n) is 7.79. The summed E-state index contributed by atoms with van der Waals surface area (Å²) in [5.74, 6) is -0.00615. The van der Waals surface area contributed by atoms with Crippen molar-refractivity contribution < 1.29 is 4.79 Å². The predicted molar refractivity (Wildman–Crippen MR) is 54.1 cm³/mol. The van der Waals surface area contributed by atoms with Gasteiger partial charge < -0.3 is 5.73 Å². The Morgan fingerprint density at radius 3 is 2.40 bits per heavy atom. The molecule has 0 fully saturated rings. The molecule has 0 amide bonds. The van der Waals surface area contributed by atoms with E-state index in [-0.39, 0.29) is 17.4 Å². The molecule has 0 unspecified atom stereocenters. The summed E-state index contributed by atoms with van der Waals surface area (Å²) in [6.07, 6.45) is 4.54. The smallest absolute Gasteiger partial charge is 0.233 e. The van der Waals surface area contributed by atoms with E-state index in [0.717, 1.165) is 0 Å². The fourth-order valence-corrected chi connectivity index (χ4v) is 1.15. The zero-order chi connectivity index (χ0) is 10.7. The van der Waals surface area contributed by atoms with Gasteiger partial charge in [-0.15, -0.1) is 0 Å². The number of aromatic nitrogens is 3. The fraction of sp³-hybridized carbons (Fsp3) is 0. The van der Waals surface area contributed by atoms with Crippen LogP contribution in [0.2, 0.25) is 0 Å². The van der Waals surface area contributed by atoms with Gasteiger partial charge in [0.25, 0.3) is 0 Å². The Morgan fingerprint density at radius 2 is 1.73 bits per heavy atom. The molecule has 0 saturated carbocycles. The second kappa shape index (κ2) is 3.83. The molecule has 0 radical (unpaired) electrons. The standard InChI is InChI=1S/C10H8N4O/c11-9-7(3-1-4-12-9)8(15)10-13-5-2-6-14-10/h1-6H,(H2,11,12). The molecule has 0 aliphatic rings. The van der Waals surface area contributed by atoms with Crippen LogP contribution in [0.1, 0.15) is 16.2 Å². The summed E-state index contributed by atoms with van der Waals surface area (Å²) >= 11 is 0. The number of carbonyl (C=O) groups excluding carboxylic acids is 1. The molecule has 2 heterocycles. The molecule has 0 aromatic carbocycles. The maximum Gasteiger partial charge on any atom is 0.233 e. The largest absolute Gasteiger partial charge is 0.383 e. The number of hydrogen-bond donors (Lipinski definition) is 1. The molecular formula is C10H8N4O. The topological polar surface area (TPSA) is 81.8 Å². The molecule has 74 valence electrons. The Bertz CT molecular complexity index is 484. The lowest BCUT2D eigenvalue weighted by atomic mass is 10.1. The number of ketones is 1. The predicted octanol–water partition coefficient (Wildman–Crippen LogP) is 0.685. The molecule has 2 aromatic rings. The second-order valence-corrected chi connectivity index (χ2v) is 2.84. The first-order chi connectivity index (χ1) is 7.29. The summed E-state index contributed by atoms with van der Waals surface area (Å²) in [6.45, 7) is 0. The minimum atomic E-state index is -0.318.